The maximum absolute atomic E-state index is 14.5. The summed E-state index contributed by atoms with van der Waals surface area (Å²) in [5.74, 6) is -2.51. The molecule has 10 heteroatoms. The standard InChI is InChI=1S/C21H20FN3O5S/c1-24(2)21(27)14-6-3-4-7-19(14)31(28,29)23-20(26)18-12-15-16(22)10-13(11-17(15)30-18)25-8-5-9-25/h3-4,6-7,10-12H,5,8-9H2,1-2H3,(H,23,26). The number of carbonyl (C=O) groups is 2. The van der Waals surface area contributed by atoms with Gasteiger partial charge in [0.05, 0.1) is 10.9 Å². The van der Waals surface area contributed by atoms with Crippen molar-refractivity contribution >= 4 is 38.5 Å². The fourth-order valence-corrected chi connectivity index (χ4v) is 4.45. The van der Waals surface area contributed by atoms with Gasteiger partial charge in [-0.25, -0.2) is 17.5 Å². The van der Waals surface area contributed by atoms with E-state index < -0.39 is 27.7 Å². The molecular formula is C21H20FN3O5S. The Labute approximate surface area is 178 Å². The lowest BCUT2D eigenvalue weighted by Gasteiger charge is -2.33. The highest BCUT2D eigenvalue weighted by Crippen LogP contribution is 2.30. The zero-order chi connectivity index (χ0) is 22.3. The van der Waals surface area contributed by atoms with Crippen molar-refractivity contribution in [3.05, 3.63) is 59.6 Å². The van der Waals surface area contributed by atoms with Crippen molar-refractivity contribution in [2.24, 2.45) is 0 Å². The molecule has 2 amide bonds. The summed E-state index contributed by atoms with van der Waals surface area (Å²) in [7, 11) is -1.41. The monoisotopic (exact) mass is 445 g/mol. The van der Waals surface area contributed by atoms with E-state index in [0.717, 1.165) is 25.6 Å². The molecule has 2 heterocycles. The highest BCUT2D eigenvalue weighted by Gasteiger charge is 2.27. The number of amides is 2. The zero-order valence-corrected chi connectivity index (χ0v) is 17.7. The summed E-state index contributed by atoms with van der Waals surface area (Å²) in [6.45, 7) is 1.62. The van der Waals surface area contributed by atoms with Gasteiger partial charge in [0.25, 0.3) is 15.9 Å². The van der Waals surface area contributed by atoms with Gasteiger partial charge in [0.1, 0.15) is 16.3 Å². The molecule has 0 atom stereocenters. The van der Waals surface area contributed by atoms with Crippen molar-refractivity contribution in [2.45, 2.75) is 11.3 Å². The molecule has 0 saturated carbocycles. The minimum absolute atomic E-state index is 0.0787. The lowest BCUT2D eigenvalue weighted by Crippen LogP contribution is -2.36. The van der Waals surface area contributed by atoms with E-state index in [-0.39, 0.29) is 27.2 Å². The van der Waals surface area contributed by atoms with Crippen LogP contribution < -0.4 is 9.62 Å². The third-order valence-corrected chi connectivity index (χ3v) is 6.45. The van der Waals surface area contributed by atoms with E-state index in [0.29, 0.717) is 5.69 Å². The van der Waals surface area contributed by atoms with Crippen LogP contribution in [0, 0.1) is 5.82 Å². The Morgan fingerprint density at radius 1 is 1.13 bits per heavy atom. The van der Waals surface area contributed by atoms with Gasteiger partial charge in [0.2, 0.25) is 0 Å². The Morgan fingerprint density at radius 3 is 2.48 bits per heavy atom. The first-order chi connectivity index (χ1) is 14.7. The zero-order valence-electron chi connectivity index (χ0n) is 16.9. The number of anilines is 1. The molecule has 1 N–H and O–H groups in total. The molecule has 2 aromatic carbocycles. The van der Waals surface area contributed by atoms with Crippen LogP contribution in [0.1, 0.15) is 27.3 Å². The van der Waals surface area contributed by atoms with Crippen LogP contribution in [0.15, 0.2) is 51.8 Å². The number of hydrogen-bond donors (Lipinski definition) is 1. The Balaban J connectivity index is 1.64. The predicted molar refractivity (Wildman–Crippen MR) is 112 cm³/mol. The first kappa shape index (κ1) is 20.9. The quantitative estimate of drug-likeness (QED) is 0.648. The third-order valence-electron chi connectivity index (χ3n) is 5.06. The summed E-state index contributed by atoms with van der Waals surface area (Å²) < 4.78 is 47.5. The maximum atomic E-state index is 14.5. The van der Waals surface area contributed by atoms with Crippen LogP contribution in [-0.2, 0) is 10.0 Å². The van der Waals surface area contributed by atoms with Crippen molar-refractivity contribution in [1.29, 1.82) is 0 Å². The van der Waals surface area contributed by atoms with Crippen LogP contribution >= 0.6 is 0 Å². The number of fused-ring (bicyclic) bond motifs is 1. The molecule has 1 aromatic heterocycles. The average Bonchev–Trinajstić information content (AvgIpc) is 3.11. The number of furan rings is 1. The van der Waals surface area contributed by atoms with Crippen LogP contribution in [0.5, 0.6) is 0 Å². The van der Waals surface area contributed by atoms with Crippen LogP contribution in [0.4, 0.5) is 10.1 Å². The fourth-order valence-electron chi connectivity index (χ4n) is 3.30. The van der Waals surface area contributed by atoms with Crippen molar-refractivity contribution in [2.75, 3.05) is 32.1 Å². The van der Waals surface area contributed by atoms with Crippen molar-refractivity contribution in [3.8, 4) is 0 Å². The number of sulfonamides is 1. The van der Waals surface area contributed by atoms with E-state index >= 15 is 0 Å². The van der Waals surface area contributed by atoms with Gasteiger partial charge < -0.3 is 14.2 Å². The van der Waals surface area contributed by atoms with Gasteiger partial charge in [-0.05, 0) is 24.6 Å². The summed E-state index contributed by atoms with van der Waals surface area (Å²) in [5.41, 5.74) is 0.705. The molecule has 1 aliphatic rings. The van der Waals surface area contributed by atoms with E-state index in [9.17, 15) is 22.4 Å². The van der Waals surface area contributed by atoms with Crippen LogP contribution in [-0.4, -0.2) is 52.3 Å². The number of nitrogens with one attached hydrogen (secondary N) is 1. The molecule has 3 aromatic rings. The molecule has 1 aliphatic heterocycles. The van der Waals surface area contributed by atoms with Crippen LogP contribution in [0.3, 0.4) is 0 Å². The smallest absolute Gasteiger partial charge is 0.300 e. The number of rotatable bonds is 5. The molecule has 1 saturated heterocycles. The van der Waals surface area contributed by atoms with Gasteiger partial charge in [0.15, 0.2) is 5.76 Å². The van der Waals surface area contributed by atoms with Crippen LogP contribution in [0.25, 0.3) is 11.0 Å². The molecule has 0 spiro atoms. The van der Waals surface area contributed by atoms with E-state index in [1.807, 2.05) is 9.62 Å². The Kier molecular flexibility index (Phi) is 5.18. The van der Waals surface area contributed by atoms with Gasteiger partial charge in [-0.15, -0.1) is 0 Å². The minimum Gasteiger partial charge on any atom is -0.451 e. The van der Waals surface area contributed by atoms with Gasteiger partial charge >= 0.3 is 5.91 Å². The van der Waals surface area contributed by atoms with Gasteiger partial charge in [0, 0.05) is 45.0 Å². The molecule has 0 unspecified atom stereocenters. The molecule has 31 heavy (non-hydrogen) atoms. The molecule has 0 bridgehead atoms. The first-order valence-electron chi connectivity index (χ1n) is 9.53. The van der Waals surface area contributed by atoms with Crippen molar-refractivity contribution in [1.82, 2.24) is 9.62 Å². The highest BCUT2D eigenvalue weighted by molar-refractivity contribution is 7.90. The summed E-state index contributed by atoms with van der Waals surface area (Å²) in [4.78, 5) is 27.8. The lowest BCUT2D eigenvalue weighted by atomic mass is 10.1. The fraction of sp³-hybridized carbons (Fsp3) is 0.238. The maximum Gasteiger partial charge on any atom is 0.300 e. The normalized spacial score (nSPS) is 13.7. The Bertz CT molecular complexity index is 1300. The summed E-state index contributed by atoms with van der Waals surface area (Å²) >= 11 is 0. The second kappa shape index (κ2) is 7.69. The van der Waals surface area contributed by atoms with Crippen LogP contribution in [0.2, 0.25) is 0 Å². The average molecular weight is 445 g/mol. The Morgan fingerprint density at radius 2 is 1.84 bits per heavy atom. The SMILES string of the molecule is CN(C)C(=O)c1ccccc1S(=O)(=O)NC(=O)c1cc2c(F)cc(N3CCC3)cc2o1. The topological polar surface area (TPSA) is 99.9 Å². The van der Waals surface area contributed by atoms with E-state index in [4.69, 9.17) is 4.42 Å². The van der Waals surface area contributed by atoms with Crippen molar-refractivity contribution in [3.63, 3.8) is 0 Å². The predicted octanol–water partition coefficient (Wildman–Crippen LogP) is 2.60. The Hall–Kier alpha value is -3.40. The summed E-state index contributed by atoms with van der Waals surface area (Å²) in [6.07, 6.45) is 1.02. The van der Waals surface area contributed by atoms with Crippen molar-refractivity contribution < 1.29 is 26.8 Å². The second-order valence-corrected chi connectivity index (χ2v) is 9.07. The minimum atomic E-state index is -4.39. The summed E-state index contributed by atoms with van der Waals surface area (Å²) in [5, 5.41) is 0.0787. The van der Waals surface area contributed by atoms with E-state index in [1.54, 1.807) is 6.07 Å². The third kappa shape index (κ3) is 3.86. The highest BCUT2D eigenvalue weighted by atomic mass is 32.2. The van der Waals surface area contributed by atoms with E-state index in [2.05, 4.69) is 0 Å². The number of nitrogens with zero attached hydrogens (tertiary/aromatic N) is 2. The molecule has 1 fully saturated rings. The van der Waals surface area contributed by atoms with Gasteiger partial charge in [-0.3, -0.25) is 9.59 Å². The van der Waals surface area contributed by atoms with Gasteiger partial charge in [-0.2, -0.15) is 0 Å². The number of halogens is 1. The van der Waals surface area contributed by atoms with E-state index in [1.165, 1.54) is 49.3 Å². The molecule has 8 nitrogen and oxygen atoms in total. The second-order valence-electron chi connectivity index (χ2n) is 7.42. The first-order valence-corrected chi connectivity index (χ1v) is 11.0. The number of carbonyl (C=O) groups excluding carboxylic acids is 2. The largest absolute Gasteiger partial charge is 0.451 e. The molecule has 0 aliphatic carbocycles. The summed E-state index contributed by atoms with van der Waals surface area (Å²) in [6, 6.07) is 9.69. The molecule has 162 valence electrons. The number of hydrogen-bond acceptors (Lipinski definition) is 6. The molecule has 4 rings (SSSR count). The molecular weight excluding hydrogens is 425 g/mol. The van der Waals surface area contributed by atoms with Gasteiger partial charge in [-0.1, -0.05) is 12.1 Å². The number of benzene rings is 2. The lowest BCUT2D eigenvalue weighted by molar-refractivity contribution is 0.0823. The molecule has 0 radical (unpaired) electrons.